The molecule has 0 saturated heterocycles. The lowest BCUT2D eigenvalue weighted by atomic mass is 10.2. The highest BCUT2D eigenvalue weighted by molar-refractivity contribution is 7.92. The summed E-state index contributed by atoms with van der Waals surface area (Å²) < 4.78 is 31.9. The number of anilines is 1. The predicted octanol–water partition coefficient (Wildman–Crippen LogP) is 2.17. The lowest BCUT2D eigenvalue weighted by Crippen LogP contribution is -2.43. The summed E-state index contributed by atoms with van der Waals surface area (Å²) >= 11 is 5.93. The van der Waals surface area contributed by atoms with Gasteiger partial charge in [-0.1, -0.05) is 23.7 Å². The van der Waals surface area contributed by atoms with Gasteiger partial charge in [-0.3, -0.25) is 14.4 Å². The van der Waals surface area contributed by atoms with Crippen LogP contribution in [0, 0.1) is 0 Å². The van der Waals surface area contributed by atoms with Gasteiger partial charge in [0.1, 0.15) is 0 Å². The van der Waals surface area contributed by atoms with E-state index in [1.807, 2.05) is 5.32 Å². The molecule has 0 spiro atoms. The van der Waals surface area contributed by atoms with Crippen LogP contribution in [-0.4, -0.2) is 46.5 Å². The van der Waals surface area contributed by atoms with E-state index in [1.54, 1.807) is 18.2 Å². The van der Waals surface area contributed by atoms with E-state index in [0.717, 1.165) is 10.4 Å². The molecule has 0 aromatic heterocycles. The molecule has 2 aromatic rings. The second-order valence-electron chi connectivity index (χ2n) is 6.10. The molecule has 0 radical (unpaired) electrons. The Labute approximate surface area is 179 Å². The van der Waals surface area contributed by atoms with E-state index in [4.69, 9.17) is 16.3 Å². The predicted molar refractivity (Wildman–Crippen MR) is 111 cm³/mol. The minimum Gasteiger partial charge on any atom is -0.449 e. The number of nitrogens with one attached hydrogen (secondary N) is 2. The third kappa shape index (κ3) is 5.49. The zero-order valence-electron chi connectivity index (χ0n) is 16.4. The molecule has 0 bridgehead atoms. The summed E-state index contributed by atoms with van der Waals surface area (Å²) in [4.78, 5) is 35.2. The zero-order chi connectivity index (χ0) is 22.5. The first-order chi connectivity index (χ1) is 14.1. The van der Waals surface area contributed by atoms with Gasteiger partial charge >= 0.3 is 12.0 Å². The molecule has 0 aliphatic heterocycles. The fourth-order valence-electron chi connectivity index (χ4n) is 2.31. The van der Waals surface area contributed by atoms with Gasteiger partial charge in [0.15, 0.2) is 6.10 Å². The Morgan fingerprint density at radius 3 is 2.40 bits per heavy atom. The number of ether oxygens (including phenoxy) is 1. The maximum atomic E-state index is 12.9. The number of carbonyl (C=O) groups is 3. The quantitative estimate of drug-likeness (QED) is 0.646. The van der Waals surface area contributed by atoms with Crippen LogP contribution in [0.3, 0.4) is 0 Å². The molecule has 1 unspecified atom stereocenters. The SMILES string of the molecule is CNC(=O)NC(=O)C(C)OC(=O)c1cccc(S(=O)(=O)N(C)c2cccc(Cl)c2)c1. The molecule has 160 valence electrons. The summed E-state index contributed by atoms with van der Waals surface area (Å²) in [6.45, 7) is 1.28. The summed E-state index contributed by atoms with van der Waals surface area (Å²) in [5.74, 6) is -1.75. The summed E-state index contributed by atoms with van der Waals surface area (Å²) in [6.07, 6.45) is -1.27. The third-order valence-electron chi connectivity index (χ3n) is 4.02. The number of carbonyl (C=O) groups excluding carboxylic acids is 3. The number of rotatable bonds is 6. The number of hydrogen-bond acceptors (Lipinski definition) is 6. The van der Waals surface area contributed by atoms with Gasteiger partial charge in [-0.15, -0.1) is 0 Å². The fraction of sp³-hybridized carbons (Fsp3) is 0.211. The number of urea groups is 1. The Kier molecular flexibility index (Phi) is 7.41. The smallest absolute Gasteiger partial charge is 0.338 e. The Morgan fingerprint density at radius 2 is 1.77 bits per heavy atom. The molecule has 2 N–H and O–H groups in total. The van der Waals surface area contributed by atoms with Crippen molar-refractivity contribution in [1.82, 2.24) is 10.6 Å². The zero-order valence-corrected chi connectivity index (χ0v) is 18.0. The normalized spacial score (nSPS) is 11.9. The highest BCUT2D eigenvalue weighted by atomic mass is 35.5. The second kappa shape index (κ2) is 9.59. The van der Waals surface area contributed by atoms with E-state index in [9.17, 15) is 22.8 Å². The van der Waals surface area contributed by atoms with Crippen molar-refractivity contribution in [1.29, 1.82) is 0 Å². The average Bonchev–Trinajstić information content (AvgIpc) is 2.72. The van der Waals surface area contributed by atoms with Crippen molar-refractivity contribution in [3.05, 3.63) is 59.1 Å². The van der Waals surface area contributed by atoms with Gasteiger partial charge < -0.3 is 10.1 Å². The van der Waals surface area contributed by atoms with Gasteiger partial charge in [0, 0.05) is 19.1 Å². The molecule has 0 fully saturated rings. The minimum absolute atomic E-state index is 0.0739. The van der Waals surface area contributed by atoms with Gasteiger partial charge in [0.25, 0.3) is 15.9 Å². The number of imide groups is 1. The fourth-order valence-corrected chi connectivity index (χ4v) is 3.73. The number of nitrogens with zero attached hydrogens (tertiary/aromatic N) is 1. The molecule has 0 aliphatic carbocycles. The first-order valence-corrected chi connectivity index (χ1v) is 10.5. The molecule has 0 aliphatic rings. The maximum Gasteiger partial charge on any atom is 0.338 e. The van der Waals surface area contributed by atoms with Gasteiger partial charge in [-0.25, -0.2) is 18.0 Å². The monoisotopic (exact) mass is 453 g/mol. The van der Waals surface area contributed by atoms with Crippen molar-refractivity contribution in [3.63, 3.8) is 0 Å². The second-order valence-corrected chi connectivity index (χ2v) is 8.50. The molecule has 30 heavy (non-hydrogen) atoms. The van der Waals surface area contributed by atoms with Crippen molar-refractivity contribution in [2.75, 3.05) is 18.4 Å². The van der Waals surface area contributed by atoms with E-state index >= 15 is 0 Å². The Hall–Kier alpha value is -3.11. The van der Waals surface area contributed by atoms with Crippen LogP contribution in [0.1, 0.15) is 17.3 Å². The topological polar surface area (TPSA) is 122 Å². The number of amides is 3. The molecular formula is C19H20ClN3O6S. The molecule has 3 amide bonds. The summed E-state index contributed by atoms with van der Waals surface area (Å²) in [5.41, 5.74) is 0.269. The number of benzene rings is 2. The highest BCUT2D eigenvalue weighted by Gasteiger charge is 2.25. The molecule has 0 saturated carbocycles. The molecule has 11 heteroatoms. The minimum atomic E-state index is -3.99. The molecular weight excluding hydrogens is 434 g/mol. The van der Waals surface area contributed by atoms with Crippen LogP contribution >= 0.6 is 11.6 Å². The Balaban J connectivity index is 2.21. The van der Waals surface area contributed by atoms with Crippen LogP contribution in [0.4, 0.5) is 10.5 Å². The van der Waals surface area contributed by atoms with Crippen molar-refractivity contribution in [2.24, 2.45) is 0 Å². The average molecular weight is 454 g/mol. The lowest BCUT2D eigenvalue weighted by molar-refractivity contribution is -0.127. The lowest BCUT2D eigenvalue weighted by Gasteiger charge is -2.20. The van der Waals surface area contributed by atoms with E-state index < -0.39 is 34.0 Å². The summed E-state index contributed by atoms with van der Waals surface area (Å²) in [6, 6.07) is 10.7. The van der Waals surface area contributed by atoms with E-state index in [0.29, 0.717) is 10.7 Å². The van der Waals surface area contributed by atoms with Crippen LogP contribution in [-0.2, 0) is 19.6 Å². The van der Waals surface area contributed by atoms with E-state index in [1.165, 1.54) is 45.3 Å². The summed E-state index contributed by atoms with van der Waals surface area (Å²) in [5, 5.41) is 4.55. The number of esters is 1. The standard InChI is InChI=1S/C19H20ClN3O6S/c1-12(17(24)22-19(26)21-2)29-18(25)13-6-4-9-16(10-13)30(27,28)23(3)15-8-5-7-14(20)11-15/h4-12H,1-3H3,(H2,21,22,24,26). The number of hydrogen-bond donors (Lipinski definition) is 2. The maximum absolute atomic E-state index is 12.9. The molecule has 1 atom stereocenters. The number of halogens is 1. The van der Waals surface area contributed by atoms with Gasteiger partial charge in [-0.05, 0) is 43.3 Å². The van der Waals surface area contributed by atoms with Crippen LogP contribution in [0.25, 0.3) is 0 Å². The van der Waals surface area contributed by atoms with Gasteiger partial charge in [0.05, 0.1) is 16.1 Å². The van der Waals surface area contributed by atoms with Crippen LogP contribution in [0.15, 0.2) is 53.4 Å². The van der Waals surface area contributed by atoms with Crippen LogP contribution in [0.5, 0.6) is 0 Å². The Morgan fingerprint density at radius 1 is 1.10 bits per heavy atom. The Bertz CT molecular complexity index is 1070. The van der Waals surface area contributed by atoms with Crippen molar-refractivity contribution >= 4 is 45.2 Å². The molecule has 2 rings (SSSR count). The van der Waals surface area contributed by atoms with E-state index in [2.05, 4.69) is 5.32 Å². The van der Waals surface area contributed by atoms with Crippen LogP contribution < -0.4 is 14.9 Å². The van der Waals surface area contributed by atoms with E-state index in [-0.39, 0.29) is 10.5 Å². The van der Waals surface area contributed by atoms with Crippen molar-refractivity contribution < 1.29 is 27.5 Å². The largest absolute Gasteiger partial charge is 0.449 e. The first-order valence-electron chi connectivity index (χ1n) is 8.64. The van der Waals surface area contributed by atoms with Gasteiger partial charge in [-0.2, -0.15) is 0 Å². The van der Waals surface area contributed by atoms with Gasteiger partial charge in [0.2, 0.25) is 0 Å². The van der Waals surface area contributed by atoms with Crippen molar-refractivity contribution in [2.45, 2.75) is 17.9 Å². The summed E-state index contributed by atoms with van der Waals surface area (Å²) in [7, 11) is -1.31. The van der Waals surface area contributed by atoms with Crippen molar-refractivity contribution in [3.8, 4) is 0 Å². The molecule has 0 heterocycles. The molecule has 9 nitrogen and oxygen atoms in total. The third-order valence-corrected chi connectivity index (χ3v) is 6.03. The highest BCUT2D eigenvalue weighted by Crippen LogP contribution is 2.25. The molecule has 2 aromatic carbocycles. The first kappa shape index (κ1) is 23.2. The number of sulfonamides is 1. The van der Waals surface area contributed by atoms with Crippen LogP contribution in [0.2, 0.25) is 5.02 Å².